The quantitative estimate of drug-likeness (QED) is 0.377. The third kappa shape index (κ3) is 3.33. The lowest BCUT2D eigenvalue weighted by atomic mass is 10.1. The van der Waals surface area contributed by atoms with Crippen LogP contribution in [0.1, 0.15) is 0 Å². The summed E-state index contributed by atoms with van der Waals surface area (Å²) in [5.74, 6) is 0. The Morgan fingerprint density at radius 2 is 0.607 bits per heavy atom. The van der Waals surface area contributed by atoms with Gasteiger partial charge in [0.25, 0.3) is 40.5 Å². The molecule has 16 heteroatoms. The van der Waals surface area contributed by atoms with Crippen LogP contribution in [0.3, 0.4) is 0 Å². The first-order chi connectivity index (χ1) is 12.4. The van der Waals surface area contributed by atoms with E-state index in [-0.39, 0.29) is 6.07 Å². The molecule has 0 atom stereocenters. The van der Waals surface area contributed by atoms with Gasteiger partial charge in [-0.1, -0.05) is 0 Å². The Morgan fingerprint density at radius 3 is 0.857 bits per heavy atom. The summed E-state index contributed by atoms with van der Waals surface area (Å²) in [6.45, 7) is 0. The smallest absolute Gasteiger partial charge is 0.282 e. The fourth-order valence-electron chi connectivity index (χ4n) is 2.82. The van der Waals surface area contributed by atoms with Crippen molar-refractivity contribution >= 4 is 40.5 Å². The molecule has 0 radical (unpaired) electrons. The number of hydrogen-bond donors (Lipinski definition) is 4. The zero-order valence-electron chi connectivity index (χ0n) is 13.0. The van der Waals surface area contributed by atoms with Crippen LogP contribution in [-0.2, 0) is 40.5 Å². The normalized spacial score (nSPS) is 14.1. The first-order valence-corrected chi connectivity index (χ1v) is 12.4. The van der Waals surface area contributed by atoms with Crippen LogP contribution in [0.25, 0.3) is 22.3 Å². The van der Waals surface area contributed by atoms with Gasteiger partial charge in [0.15, 0.2) is 0 Å². The molecule has 2 aliphatic rings. The molecule has 0 fully saturated rings. The molecule has 0 aliphatic heterocycles. The van der Waals surface area contributed by atoms with Crippen molar-refractivity contribution in [3.63, 3.8) is 0 Å². The number of benzene rings is 2. The Bertz CT molecular complexity index is 1370. The van der Waals surface area contributed by atoms with E-state index in [9.17, 15) is 51.9 Å². The van der Waals surface area contributed by atoms with Crippen LogP contribution in [-0.4, -0.2) is 51.9 Å². The third-order valence-electron chi connectivity index (χ3n) is 3.86. The van der Waals surface area contributed by atoms with E-state index in [1.165, 1.54) is 0 Å². The molecular weight excluding hydrogens is 464 g/mol. The Balaban J connectivity index is 2.73. The van der Waals surface area contributed by atoms with Gasteiger partial charge < -0.3 is 0 Å². The maximum absolute atomic E-state index is 11.7. The molecule has 0 saturated carbocycles. The van der Waals surface area contributed by atoms with E-state index in [1.807, 2.05) is 0 Å². The molecule has 152 valence electrons. The van der Waals surface area contributed by atoms with E-state index >= 15 is 0 Å². The summed E-state index contributed by atoms with van der Waals surface area (Å²) < 4.78 is 131. The maximum atomic E-state index is 11.7. The van der Waals surface area contributed by atoms with Crippen molar-refractivity contribution in [1.82, 2.24) is 0 Å². The van der Waals surface area contributed by atoms with E-state index in [4.69, 9.17) is 0 Å². The average Bonchev–Trinajstić information content (AvgIpc) is 2.67. The summed E-state index contributed by atoms with van der Waals surface area (Å²) in [7, 11) is -20.7. The van der Waals surface area contributed by atoms with Crippen molar-refractivity contribution in [2.45, 2.75) is 19.6 Å². The van der Waals surface area contributed by atoms with Gasteiger partial charge >= 0.3 is 0 Å². The van der Waals surface area contributed by atoms with E-state index in [0.29, 0.717) is 18.2 Å². The second kappa shape index (κ2) is 5.80. The highest BCUT2D eigenvalue weighted by atomic mass is 32.2. The highest BCUT2D eigenvalue weighted by molar-refractivity contribution is 7.87. The average molecular weight is 472 g/mol. The molecule has 0 heterocycles. The summed E-state index contributed by atoms with van der Waals surface area (Å²) in [5.41, 5.74) is -2.90. The predicted molar refractivity (Wildman–Crippen MR) is 90.1 cm³/mol. The van der Waals surface area contributed by atoms with Gasteiger partial charge in [-0.2, -0.15) is 33.7 Å². The van der Waals surface area contributed by atoms with Crippen LogP contribution in [0.15, 0.2) is 43.8 Å². The summed E-state index contributed by atoms with van der Waals surface area (Å²) in [4.78, 5) is -4.44. The van der Waals surface area contributed by atoms with Gasteiger partial charge in [0.2, 0.25) is 0 Å². The van der Waals surface area contributed by atoms with E-state index in [2.05, 4.69) is 0 Å². The molecule has 0 unspecified atom stereocenters. The molecule has 12 nitrogen and oxygen atoms in total. The van der Waals surface area contributed by atoms with Crippen molar-refractivity contribution in [1.29, 1.82) is 0 Å². The lowest BCUT2D eigenvalue weighted by Gasteiger charge is -2.10. The fourth-order valence-corrected chi connectivity index (χ4v) is 5.75. The Labute approximate surface area is 158 Å². The zero-order chi connectivity index (χ0) is 21.4. The molecule has 0 saturated heterocycles. The summed E-state index contributed by atoms with van der Waals surface area (Å²) in [6, 6.07) is 1.94. The molecule has 0 amide bonds. The molecule has 2 aromatic carbocycles. The van der Waals surface area contributed by atoms with Crippen molar-refractivity contribution in [3.05, 3.63) is 24.3 Å². The maximum Gasteiger partial charge on any atom is 0.295 e. The summed E-state index contributed by atoms with van der Waals surface area (Å²) in [5, 5.41) is 0. The summed E-state index contributed by atoms with van der Waals surface area (Å²) in [6.07, 6.45) is 0. The lowest BCUT2D eigenvalue weighted by Crippen LogP contribution is -2.06. The van der Waals surface area contributed by atoms with Crippen LogP contribution < -0.4 is 0 Å². The van der Waals surface area contributed by atoms with Crippen molar-refractivity contribution in [3.8, 4) is 22.3 Å². The Morgan fingerprint density at radius 1 is 0.393 bits per heavy atom. The van der Waals surface area contributed by atoms with Crippen molar-refractivity contribution in [2.24, 2.45) is 0 Å². The number of fused-ring (bicyclic) bond motifs is 2. The van der Waals surface area contributed by atoms with Gasteiger partial charge in [0.1, 0.15) is 19.6 Å². The van der Waals surface area contributed by atoms with Gasteiger partial charge in [-0.3, -0.25) is 18.2 Å². The number of rotatable bonds is 4. The first-order valence-electron chi connectivity index (χ1n) is 6.69. The van der Waals surface area contributed by atoms with Crippen LogP contribution in [0, 0.1) is 0 Å². The topological polar surface area (TPSA) is 217 Å². The molecule has 0 spiro atoms. The van der Waals surface area contributed by atoms with E-state index in [0.717, 1.165) is 0 Å². The standard InChI is InChI=1S/C12H8O12S4/c13-25(14,15)9-2-7-5-1-6(8(9)3-10(7)26(16,17)18)12(28(22,23)24)4-11(5)27(19,20)21/h1-4H,(H,13,14,15)(H,16,17,18)(H,19,20,21)(H,22,23,24). The van der Waals surface area contributed by atoms with Crippen LogP contribution in [0.2, 0.25) is 0 Å². The minimum Gasteiger partial charge on any atom is -0.282 e. The van der Waals surface area contributed by atoms with Gasteiger partial charge in [-0.05, 0) is 24.3 Å². The summed E-state index contributed by atoms with van der Waals surface area (Å²) >= 11 is 0. The van der Waals surface area contributed by atoms with E-state index in [1.54, 1.807) is 0 Å². The molecule has 4 N–H and O–H groups in total. The van der Waals surface area contributed by atoms with Gasteiger partial charge in [0, 0.05) is 22.3 Å². The second-order valence-electron chi connectivity index (χ2n) is 5.59. The highest BCUT2D eigenvalue weighted by Crippen LogP contribution is 2.47. The lowest BCUT2D eigenvalue weighted by molar-refractivity contribution is 0.478. The third-order valence-corrected chi connectivity index (χ3v) is 7.43. The predicted octanol–water partition coefficient (Wildman–Crippen LogP) is 0.321. The minimum atomic E-state index is -5.22. The van der Waals surface area contributed by atoms with Gasteiger partial charge in [-0.25, -0.2) is 0 Å². The molecule has 4 rings (SSSR count). The van der Waals surface area contributed by atoms with Gasteiger partial charge in [0.05, 0.1) is 0 Å². The largest absolute Gasteiger partial charge is 0.295 e. The Kier molecular flexibility index (Phi) is 4.31. The molecule has 28 heavy (non-hydrogen) atoms. The highest BCUT2D eigenvalue weighted by Gasteiger charge is 2.35. The molecule has 0 aromatic heterocycles. The van der Waals surface area contributed by atoms with Crippen molar-refractivity contribution in [2.75, 3.05) is 0 Å². The molecule has 2 aromatic rings. The van der Waals surface area contributed by atoms with E-state index < -0.39 is 82.3 Å². The van der Waals surface area contributed by atoms with Gasteiger partial charge in [-0.15, -0.1) is 0 Å². The Hall–Kier alpha value is -1.92. The first kappa shape index (κ1) is 20.8. The molecular formula is C12H8O12S4. The fraction of sp³-hybridized carbons (Fsp3) is 0. The molecule has 4 bridgehead atoms. The van der Waals surface area contributed by atoms with Crippen LogP contribution >= 0.6 is 0 Å². The number of hydrogen-bond acceptors (Lipinski definition) is 8. The minimum absolute atomic E-state index is 0.289. The van der Waals surface area contributed by atoms with Crippen LogP contribution in [0.4, 0.5) is 0 Å². The van der Waals surface area contributed by atoms with Crippen LogP contribution in [0.5, 0.6) is 0 Å². The second-order valence-corrected chi connectivity index (χ2v) is 11.1. The SMILES string of the molecule is O=S(=O)(O)c1cc2c(S(=O)(=O)O)cc1-c1cc-2c(S(=O)(=O)O)cc1S(=O)(=O)O. The zero-order valence-corrected chi connectivity index (χ0v) is 16.3. The molecule has 2 aliphatic carbocycles. The monoisotopic (exact) mass is 472 g/mol. The van der Waals surface area contributed by atoms with Crippen molar-refractivity contribution < 1.29 is 51.9 Å².